The molecule has 0 saturated heterocycles. The summed E-state index contributed by atoms with van der Waals surface area (Å²) >= 11 is 0. The van der Waals surface area contributed by atoms with E-state index in [1.54, 1.807) is 6.92 Å². The Bertz CT molecular complexity index is 1150. The van der Waals surface area contributed by atoms with Crippen LogP contribution in [0.4, 0.5) is 10.5 Å². The van der Waals surface area contributed by atoms with Crippen molar-refractivity contribution in [2.45, 2.75) is 45.3 Å². The van der Waals surface area contributed by atoms with Crippen LogP contribution in [-0.4, -0.2) is 35.0 Å². The fourth-order valence-corrected chi connectivity index (χ4v) is 4.09. The van der Waals surface area contributed by atoms with E-state index < -0.39 is 6.10 Å². The summed E-state index contributed by atoms with van der Waals surface area (Å²) in [5.41, 5.74) is 4.15. The van der Waals surface area contributed by atoms with Crippen LogP contribution in [0.3, 0.4) is 0 Å². The minimum absolute atomic E-state index is 0.181. The Hall–Kier alpha value is -3.50. The highest BCUT2D eigenvalue weighted by atomic mass is 16.5. The van der Waals surface area contributed by atoms with Crippen molar-refractivity contribution in [3.05, 3.63) is 48.0 Å². The van der Waals surface area contributed by atoms with Crippen LogP contribution in [-0.2, 0) is 0 Å². The lowest BCUT2D eigenvalue weighted by Crippen LogP contribution is -2.34. The fraction of sp³-hybridized carbons (Fsp3) is 0.360. The van der Waals surface area contributed by atoms with Crippen molar-refractivity contribution in [2.24, 2.45) is 0 Å². The SMILES string of the molecule is CCOc1ccc2c(C#N)c(-c3ccc(NC(=O)NCC(C)O)cc3)n(C3CCC3)c2c1. The molecule has 7 heteroatoms. The van der Waals surface area contributed by atoms with E-state index >= 15 is 0 Å². The molecule has 166 valence electrons. The maximum absolute atomic E-state index is 12.0. The first-order valence-electron chi connectivity index (χ1n) is 11.1. The molecule has 4 rings (SSSR count). The second-order valence-corrected chi connectivity index (χ2v) is 8.16. The molecule has 1 aliphatic carbocycles. The van der Waals surface area contributed by atoms with Gasteiger partial charge in [0, 0.05) is 29.7 Å². The maximum atomic E-state index is 12.0. The van der Waals surface area contributed by atoms with E-state index in [9.17, 15) is 15.2 Å². The number of ether oxygens (including phenoxy) is 1. The minimum atomic E-state index is -0.607. The van der Waals surface area contributed by atoms with Gasteiger partial charge in [-0.1, -0.05) is 12.1 Å². The number of benzene rings is 2. The molecule has 0 radical (unpaired) electrons. The van der Waals surface area contributed by atoms with Gasteiger partial charge >= 0.3 is 6.03 Å². The Morgan fingerprint density at radius 2 is 2.03 bits per heavy atom. The number of urea groups is 1. The van der Waals surface area contributed by atoms with Crippen molar-refractivity contribution in [3.63, 3.8) is 0 Å². The third kappa shape index (κ3) is 4.27. The van der Waals surface area contributed by atoms with Crippen LogP contribution in [0.15, 0.2) is 42.5 Å². The number of rotatable bonds is 7. The third-order valence-electron chi connectivity index (χ3n) is 5.81. The number of carbonyl (C=O) groups is 1. The van der Waals surface area contributed by atoms with Gasteiger partial charge in [-0.3, -0.25) is 0 Å². The summed E-state index contributed by atoms with van der Waals surface area (Å²) in [7, 11) is 0. The van der Waals surface area contributed by atoms with Gasteiger partial charge in [0.15, 0.2) is 0 Å². The summed E-state index contributed by atoms with van der Waals surface area (Å²) in [6, 6.07) is 15.8. The third-order valence-corrected chi connectivity index (χ3v) is 5.81. The standard InChI is InChI=1S/C25H28N4O3/c1-3-32-20-11-12-21-22(14-26)24(29(23(21)13-20)19-5-4-6-19)17-7-9-18(10-8-17)28-25(31)27-15-16(2)30/h7-13,16,19,30H,3-6,15H2,1-2H3,(H2,27,28,31). The molecule has 1 aromatic heterocycles. The van der Waals surface area contributed by atoms with E-state index in [0.717, 1.165) is 40.8 Å². The number of aliphatic hydroxyl groups excluding tert-OH is 1. The van der Waals surface area contributed by atoms with Crippen LogP contribution in [0.2, 0.25) is 0 Å². The van der Waals surface area contributed by atoms with Gasteiger partial charge in [-0.05, 0) is 62.9 Å². The van der Waals surface area contributed by atoms with E-state index in [1.165, 1.54) is 6.42 Å². The predicted molar refractivity (Wildman–Crippen MR) is 125 cm³/mol. The molecule has 1 aliphatic rings. The molecule has 1 unspecified atom stereocenters. The molecular weight excluding hydrogens is 404 g/mol. The Morgan fingerprint density at radius 3 is 2.62 bits per heavy atom. The maximum Gasteiger partial charge on any atom is 0.319 e. The molecule has 0 aliphatic heterocycles. The normalized spacial score (nSPS) is 14.4. The first-order valence-corrected chi connectivity index (χ1v) is 11.1. The number of amides is 2. The number of fused-ring (bicyclic) bond motifs is 1. The topological polar surface area (TPSA) is 99.3 Å². The second-order valence-electron chi connectivity index (χ2n) is 8.16. The van der Waals surface area contributed by atoms with E-state index in [4.69, 9.17) is 4.74 Å². The second kappa shape index (κ2) is 9.33. The zero-order chi connectivity index (χ0) is 22.7. The molecule has 1 saturated carbocycles. The largest absolute Gasteiger partial charge is 0.494 e. The average molecular weight is 433 g/mol. The number of nitrogens with zero attached hydrogens (tertiary/aromatic N) is 2. The number of anilines is 1. The zero-order valence-corrected chi connectivity index (χ0v) is 18.4. The summed E-state index contributed by atoms with van der Waals surface area (Å²) in [4.78, 5) is 12.0. The summed E-state index contributed by atoms with van der Waals surface area (Å²) in [6.45, 7) is 4.34. The van der Waals surface area contributed by atoms with Crippen LogP contribution >= 0.6 is 0 Å². The molecule has 1 heterocycles. The van der Waals surface area contributed by atoms with E-state index in [2.05, 4.69) is 21.3 Å². The number of hydrogen-bond acceptors (Lipinski definition) is 4. The van der Waals surface area contributed by atoms with Gasteiger partial charge in [0.1, 0.15) is 11.8 Å². The molecule has 2 amide bonds. The van der Waals surface area contributed by atoms with E-state index in [1.807, 2.05) is 49.4 Å². The highest BCUT2D eigenvalue weighted by Gasteiger charge is 2.28. The Balaban J connectivity index is 1.72. The zero-order valence-electron chi connectivity index (χ0n) is 18.4. The molecule has 1 fully saturated rings. The van der Waals surface area contributed by atoms with Crippen LogP contribution in [0, 0.1) is 11.3 Å². The van der Waals surface area contributed by atoms with Gasteiger partial charge in [0.05, 0.1) is 29.5 Å². The molecule has 3 aromatic rings. The number of aliphatic hydroxyl groups is 1. The first kappa shape index (κ1) is 21.7. The summed E-state index contributed by atoms with van der Waals surface area (Å²) in [6.07, 6.45) is 2.75. The van der Waals surface area contributed by atoms with Crippen molar-refractivity contribution < 1.29 is 14.6 Å². The molecule has 3 N–H and O–H groups in total. The molecule has 1 atom stereocenters. The lowest BCUT2D eigenvalue weighted by Gasteiger charge is -2.30. The van der Waals surface area contributed by atoms with Gasteiger partial charge in [0.25, 0.3) is 0 Å². The number of carbonyl (C=O) groups excluding carboxylic acids is 1. The molecule has 7 nitrogen and oxygen atoms in total. The molecule has 0 bridgehead atoms. The number of nitriles is 1. The summed E-state index contributed by atoms with van der Waals surface area (Å²) < 4.78 is 8.01. The smallest absolute Gasteiger partial charge is 0.319 e. The van der Waals surface area contributed by atoms with Gasteiger partial charge in [-0.25, -0.2) is 4.79 Å². The lowest BCUT2D eigenvalue weighted by atomic mass is 9.92. The van der Waals surface area contributed by atoms with Gasteiger partial charge in [-0.2, -0.15) is 5.26 Å². The minimum Gasteiger partial charge on any atom is -0.494 e. The van der Waals surface area contributed by atoms with Gasteiger partial charge < -0.3 is 25.0 Å². The summed E-state index contributed by atoms with van der Waals surface area (Å²) in [5, 5.41) is 25.6. The van der Waals surface area contributed by atoms with Gasteiger partial charge in [-0.15, -0.1) is 0 Å². The average Bonchev–Trinajstić information content (AvgIpc) is 3.05. The summed E-state index contributed by atoms with van der Waals surface area (Å²) in [5.74, 6) is 0.803. The predicted octanol–water partition coefficient (Wildman–Crippen LogP) is 4.81. The molecule has 32 heavy (non-hydrogen) atoms. The fourth-order valence-electron chi connectivity index (χ4n) is 4.09. The molecule has 0 spiro atoms. The van der Waals surface area contributed by atoms with Crippen molar-refractivity contribution >= 4 is 22.6 Å². The van der Waals surface area contributed by atoms with E-state index in [0.29, 0.717) is 23.9 Å². The molecular formula is C25H28N4O3. The van der Waals surface area contributed by atoms with E-state index in [-0.39, 0.29) is 12.6 Å². The van der Waals surface area contributed by atoms with Crippen LogP contribution < -0.4 is 15.4 Å². The van der Waals surface area contributed by atoms with Crippen molar-refractivity contribution in [1.82, 2.24) is 9.88 Å². The number of aromatic nitrogens is 1. The highest BCUT2D eigenvalue weighted by molar-refractivity contribution is 5.96. The highest BCUT2D eigenvalue weighted by Crippen LogP contribution is 2.43. The van der Waals surface area contributed by atoms with Crippen molar-refractivity contribution in [2.75, 3.05) is 18.5 Å². The van der Waals surface area contributed by atoms with Crippen molar-refractivity contribution in [1.29, 1.82) is 5.26 Å². The monoisotopic (exact) mass is 432 g/mol. The van der Waals surface area contributed by atoms with Crippen LogP contribution in [0.1, 0.15) is 44.7 Å². The Labute approximate surface area is 187 Å². The first-order chi connectivity index (χ1) is 15.5. The molecule has 2 aromatic carbocycles. The van der Waals surface area contributed by atoms with Crippen molar-refractivity contribution in [3.8, 4) is 23.1 Å². The number of hydrogen-bond donors (Lipinski definition) is 3. The van der Waals surface area contributed by atoms with Crippen LogP contribution in [0.5, 0.6) is 5.75 Å². The lowest BCUT2D eigenvalue weighted by molar-refractivity contribution is 0.190. The quantitative estimate of drug-likeness (QED) is 0.499. The van der Waals surface area contributed by atoms with Crippen LogP contribution in [0.25, 0.3) is 22.2 Å². The number of nitrogens with one attached hydrogen (secondary N) is 2. The Morgan fingerprint density at radius 1 is 1.28 bits per heavy atom. The Kier molecular flexibility index (Phi) is 6.33. The van der Waals surface area contributed by atoms with Gasteiger partial charge in [0.2, 0.25) is 0 Å².